The minimum absolute atomic E-state index is 0.155. The molecule has 28 heavy (non-hydrogen) atoms. The van der Waals surface area contributed by atoms with Gasteiger partial charge in [-0.1, -0.05) is 46.3 Å². The predicted octanol–water partition coefficient (Wildman–Crippen LogP) is 5.42. The third-order valence-corrected chi connectivity index (χ3v) is 4.86. The molecule has 0 saturated heterocycles. The van der Waals surface area contributed by atoms with Crippen LogP contribution in [0.15, 0.2) is 77.0 Å². The van der Waals surface area contributed by atoms with Crippen LogP contribution in [-0.4, -0.2) is 11.8 Å². The van der Waals surface area contributed by atoms with E-state index in [0.717, 1.165) is 10.0 Å². The monoisotopic (exact) mass is 438 g/mol. The lowest BCUT2D eigenvalue weighted by Gasteiger charge is -2.06. The molecule has 4 rings (SSSR count). The molecule has 6 heteroatoms. The van der Waals surface area contributed by atoms with Crippen LogP contribution in [0.4, 0.5) is 4.39 Å². The van der Waals surface area contributed by atoms with Crippen molar-refractivity contribution in [2.75, 3.05) is 0 Å². The fraction of sp³-hybridized carbons (Fsp3) is 0. The number of esters is 1. The van der Waals surface area contributed by atoms with Gasteiger partial charge in [0.2, 0.25) is 5.78 Å². The van der Waals surface area contributed by atoms with Crippen LogP contribution in [0, 0.1) is 5.82 Å². The first-order valence-electron chi connectivity index (χ1n) is 8.32. The van der Waals surface area contributed by atoms with E-state index in [0.29, 0.717) is 5.56 Å². The van der Waals surface area contributed by atoms with Crippen molar-refractivity contribution in [2.24, 2.45) is 0 Å². The molecule has 1 aliphatic heterocycles. The highest BCUT2D eigenvalue weighted by atomic mass is 79.9. The standard InChI is InChI=1S/C22H12BrFO4/c23-17-7-3-1-5-13(17)11-20-21(25)16-10-9-14(12-19(16)28-20)27-22(26)15-6-2-4-8-18(15)24/h1-12H. The molecular weight excluding hydrogens is 427 g/mol. The molecule has 0 fully saturated rings. The van der Waals surface area contributed by atoms with Crippen LogP contribution in [0.2, 0.25) is 0 Å². The van der Waals surface area contributed by atoms with Gasteiger partial charge in [0.25, 0.3) is 0 Å². The fourth-order valence-electron chi connectivity index (χ4n) is 2.75. The van der Waals surface area contributed by atoms with Crippen molar-refractivity contribution in [3.63, 3.8) is 0 Å². The van der Waals surface area contributed by atoms with Gasteiger partial charge in [-0.25, -0.2) is 9.18 Å². The zero-order valence-corrected chi connectivity index (χ0v) is 15.9. The van der Waals surface area contributed by atoms with Crippen LogP contribution in [0.5, 0.6) is 11.5 Å². The largest absolute Gasteiger partial charge is 0.452 e. The number of benzene rings is 3. The molecule has 1 heterocycles. The summed E-state index contributed by atoms with van der Waals surface area (Å²) in [6.45, 7) is 0. The van der Waals surface area contributed by atoms with E-state index in [1.54, 1.807) is 12.1 Å². The maximum absolute atomic E-state index is 13.7. The van der Waals surface area contributed by atoms with Gasteiger partial charge in [-0.15, -0.1) is 0 Å². The molecule has 0 N–H and O–H groups in total. The van der Waals surface area contributed by atoms with Crippen LogP contribution < -0.4 is 9.47 Å². The molecule has 3 aromatic carbocycles. The Morgan fingerprint density at radius 2 is 1.79 bits per heavy atom. The number of ether oxygens (including phenoxy) is 2. The van der Waals surface area contributed by atoms with Gasteiger partial charge >= 0.3 is 5.97 Å². The van der Waals surface area contributed by atoms with Gasteiger partial charge in [-0.3, -0.25) is 4.79 Å². The van der Waals surface area contributed by atoms with Gasteiger partial charge in [0.05, 0.1) is 11.1 Å². The van der Waals surface area contributed by atoms with E-state index in [1.165, 1.54) is 36.4 Å². The number of Topliss-reactive ketones (excluding diaryl/α,β-unsaturated/α-hetero) is 1. The van der Waals surface area contributed by atoms with Gasteiger partial charge < -0.3 is 9.47 Å². The number of hydrogen-bond donors (Lipinski definition) is 0. The molecule has 1 aliphatic rings. The SMILES string of the molecule is O=C(Oc1ccc2c(c1)OC(=Cc1ccccc1Br)C2=O)c1ccccc1F. The second-order valence-electron chi connectivity index (χ2n) is 5.99. The van der Waals surface area contributed by atoms with E-state index < -0.39 is 11.8 Å². The van der Waals surface area contributed by atoms with Crippen molar-refractivity contribution in [3.05, 3.63) is 99.5 Å². The lowest BCUT2D eigenvalue weighted by molar-refractivity contribution is 0.0729. The third kappa shape index (κ3) is 3.46. The first-order chi connectivity index (χ1) is 13.5. The minimum Gasteiger partial charge on any atom is -0.452 e. The summed E-state index contributed by atoms with van der Waals surface area (Å²) < 4.78 is 25.4. The molecule has 0 saturated carbocycles. The summed E-state index contributed by atoms with van der Waals surface area (Å²) in [6.07, 6.45) is 1.64. The highest BCUT2D eigenvalue weighted by molar-refractivity contribution is 9.10. The fourth-order valence-corrected chi connectivity index (χ4v) is 3.15. The Bertz CT molecular complexity index is 1140. The van der Waals surface area contributed by atoms with Gasteiger partial charge in [-0.05, 0) is 42.0 Å². The van der Waals surface area contributed by atoms with E-state index in [4.69, 9.17) is 9.47 Å². The number of hydrogen-bond acceptors (Lipinski definition) is 4. The number of carbonyl (C=O) groups excluding carboxylic acids is 2. The molecule has 0 unspecified atom stereocenters. The number of ketones is 1. The number of fused-ring (bicyclic) bond motifs is 1. The Morgan fingerprint density at radius 3 is 2.57 bits per heavy atom. The Morgan fingerprint density at radius 1 is 1.04 bits per heavy atom. The van der Waals surface area contributed by atoms with Crippen molar-refractivity contribution in [3.8, 4) is 11.5 Å². The summed E-state index contributed by atoms with van der Waals surface area (Å²) >= 11 is 3.43. The lowest BCUT2D eigenvalue weighted by atomic mass is 10.1. The number of carbonyl (C=O) groups is 2. The van der Waals surface area contributed by atoms with Gasteiger partial charge in [0.15, 0.2) is 5.76 Å². The summed E-state index contributed by atoms with van der Waals surface area (Å²) in [4.78, 5) is 24.7. The molecule has 0 radical (unpaired) electrons. The number of allylic oxidation sites excluding steroid dienone is 1. The molecule has 0 spiro atoms. The van der Waals surface area contributed by atoms with E-state index in [2.05, 4.69) is 15.9 Å². The van der Waals surface area contributed by atoms with Gasteiger partial charge in [0.1, 0.15) is 17.3 Å². The minimum atomic E-state index is -0.827. The number of rotatable bonds is 3. The first kappa shape index (κ1) is 18.1. The van der Waals surface area contributed by atoms with E-state index in [1.807, 2.05) is 24.3 Å². The molecule has 0 aromatic heterocycles. The topological polar surface area (TPSA) is 52.6 Å². The second kappa shape index (κ2) is 7.40. The summed E-state index contributed by atoms with van der Waals surface area (Å²) in [5, 5.41) is 0. The summed E-state index contributed by atoms with van der Waals surface area (Å²) in [5.41, 5.74) is 0.989. The van der Waals surface area contributed by atoms with Crippen molar-refractivity contribution < 1.29 is 23.5 Å². The molecular formula is C22H12BrFO4. The molecule has 4 nitrogen and oxygen atoms in total. The van der Waals surface area contributed by atoms with Gasteiger partial charge in [-0.2, -0.15) is 0 Å². The van der Waals surface area contributed by atoms with Crippen molar-refractivity contribution in [2.45, 2.75) is 0 Å². The maximum Gasteiger partial charge on any atom is 0.346 e. The highest BCUT2D eigenvalue weighted by Crippen LogP contribution is 2.35. The average molecular weight is 439 g/mol. The molecule has 0 bridgehead atoms. The van der Waals surface area contributed by atoms with Crippen LogP contribution in [0.25, 0.3) is 6.08 Å². The molecule has 0 aliphatic carbocycles. The Balaban J connectivity index is 1.58. The van der Waals surface area contributed by atoms with E-state index >= 15 is 0 Å². The van der Waals surface area contributed by atoms with Crippen molar-refractivity contribution in [1.29, 1.82) is 0 Å². The summed E-state index contributed by atoms with van der Waals surface area (Å²) in [6, 6.07) is 17.4. The van der Waals surface area contributed by atoms with Crippen molar-refractivity contribution >= 4 is 33.8 Å². The van der Waals surface area contributed by atoms with E-state index in [9.17, 15) is 14.0 Å². The summed E-state index contributed by atoms with van der Waals surface area (Å²) in [7, 11) is 0. The highest BCUT2D eigenvalue weighted by Gasteiger charge is 2.28. The van der Waals surface area contributed by atoms with Gasteiger partial charge in [0, 0.05) is 10.5 Å². The second-order valence-corrected chi connectivity index (χ2v) is 6.84. The molecule has 0 amide bonds. The van der Waals surface area contributed by atoms with Crippen LogP contribution in [0.1, 0.15) is 26.3 Å². The smallest absolute Gasteiger partial charge is 0.346 e. The Kier molecular flexibility index (Phi) is 4.79. The number of halogens is 2. The quantitative estimate of drug-likeness (QED) is 0.311. The lowest BCUT2D eigenvalue weighted by Crippen LogP contribution is -2.10. The zero-order valence-electron chi connectivity index (χ0n) is 14.3. The van der Waals surface area contributed by atoms with Crippen LogP contribution in [0.3, 0.4) is 0 Å². The Hall–Kier alpha value is -3.25. The normalized spacial score (nSPS) is 13.9. The molecule has 138 valence electrons. The predicted molar refractivity (Wildman–Crippen MR) is 105 cm³/mol. The van der Waals surface area contributed by atoms with E-state index in [-0.39, 0.29) is 28.6 Å². The summed E-state index contributed by atoms with van der Waals surface area (Å²) in [5.74, 6) is -1.16. The third-order valence-electron chi connectivity index (χ3n) is 4.14. The van der Waals surface area contributed by atoms with Crippen molar-refractivity contribution in [1.82, 2.24) is 0 Å². The zero-order chi connectivity index (χ0) is 19.7. The first-order valence-corrected chi connectivity index (χ1v) is 9.12. The molecule has 0 atom stereocenters. The average Bonchev–Trinajstić information content (AvgIpc) is 2.99. The van der Waals surface area contributed by atoms with Crippen LogP contribution in [-0.2, 0) is 0 Å². The Labute approximate surface area is 168 Å². The maximum atomic E-state index is 13.7. The van der Waals surface area contributed by atoms with Crippen LogP contribution >= 0.6 is 15.9 Å². The molecule has 3 aromatic rings.